The van der Waals surface area contributed by atoms with Gasteiger partial charge in [0.25, 0.3) is 5.91 Å². The lowest BCUT2D eigenvalue weighted by molar-refractivity contribution is -0.129. The maximum Gasteiger partial charge on any atom is 0.509 e. The van der Waals surface area contributed by atoms with Crippen LogP contribution in [0.5, 0.6) is 0 Å². The standard InChI is InChI=1S/C13H13NO5/c1-8(9-5-3-2-4-6-9)18-13(17)19-10-7-11(15)14-12(10)16/h2-6,8,10H,7H2,1H3,(H,14,15,16). The summed E-state index contributed by atoms with van der Waals surface area (Å²) in [5.41, 5.74) is 0.811. The summed E-state index contributed by atoms with van der Waals surface area (Å²) < 4.78 is 9.82. The molecule has 1 aromatic rings. The van der Waals surface area contributed by atoms with Crippen molar-refractivity contribution in [2.75, 3.05) is 0 Å². The highest BCUT2D eigenvalue weighted by Gasteiger charge is 2.34. The van der Waals surface area contributed by atoms with Crippen molar-refractivity contribution in [1.82, 2.24) is 5.32 Å². The van der Waals surface area contributed by atoms with Crippen molar-refractivity contribution in [2.45, 2.75) is 25.6 Å². The van der Waals surface area contributed by atoms with Gasteiger partial charge in [-0.05, 0) is 12.5 Å². The Balaban J connectivity index is 1.88. The summed E-state index contributed by atoms with van der Waals surface area (Å²) in [7, 11) is 0. The van der Waals surface area contributed by atoms with Crippen molar-refractivity contribution in [3.05, 3.63) is 35.9 Å². The fraction of sp³-hybridized carbons (Fsp3) is 0.308. The minimum Gasteiger partial charge on any atom is -0.426 e. The molecule has 2 atom stereocenters. The van der Waals surface area contributed by atoms with Gasteiger partial charge in [0, 0.05) is 0 Å². The molecule has 0 radical (unpaired) electrons. The van der Waals surface area contributed by atoms with Crippen molar-refractivity contribution < 1.29 is 23.9 Å². The summed E-state index contributed by atoms with van der Waals surface area (Å²) in [4.78, 5) is 33.6. The van der Waals surface area contributed by atoms with Crippen molar-refractivity contribution in [1.29, 1.82) is 0 Å². The molecule has 1 aliphatic rings. The molecule has 0 bridgehead atoms. The van der Waals surface area contributed by atoms with Gasteiger partial charge in [-0.15, -0.1) is 0 Å². The van der Waals surface area contributed by atoms with E-state index in [9.17, 15) is 14.4 Å². The van der Waals surface area contributed by atoms with Crippen molar-refractivity contribution in [2.24, 2.45) is 0 Å². The maximum atomic E-state index is 11.5. The molecule has 2 amide bonds. The number of carbonyl (C=O) groups excluding carboxylic acids is 3. The fourth-order valence-corrected chi connectivity index (χ4v) is 1.71. The molecule has 1 aromatic carbocycles. The molecule has 2 unspecified atom stereocenters. The molecule has 0 aromatic heterocycles. The molecule has 0 saturated carbocycles. The van der Waals surface area contributed by atoms with Crippen LogP contribution in [0.2, 0.25) is 0 Å². The smallest absolute Gasteiger partial charge is 0.426 e. The molecule has 1 heterocycles. The number of imide groups is 1. The topological polar surface area (TPSA) is 81.7 Å². The van der Waals surface area contributed by atoms with Crippen LogP contribution >= 0.6 is 0 Å². The number of hydrogen-bond donors (Lipinski definition) is 1. The SMILES string of the molecule is CC(OC(=O)OC1CC(=O)NC1=O)c1ccccc1. The average molecular weight is 263 g/mol. The zero-order valence-corrected chi connectivity index (χ0v) is 10.3. The first-order chi connectivity index (χ1) is 9.06. The van der Waals surface area contributed by atoms with Gasteiger partial charge in [-0.1, -0.05) is 30.3 Å². The predicted octanol–water partition coefficient (Wildman–Crippen LogP) is 1.32. The van der Waals surface area contributed by atoms with E-state index in [0.29, 0.717) is 0 Å². The molecule has 0 spiro atoms. The minimum absolute atomic E-state index is 0.159. The first kappa shape index (κ1) is 13.1. The summed E-state index contributed by atoms with van der Waals surface area (Å²) in [6.07, 6.45) is -2.71. The zero-order valence-electron chi connectivity index (χ0n) is 10.3. The lowest BCUT2D eigenvalue weighted by atomic mass is 10.1. The number of hydrogen-bond acceptors (Lipinski definition) is 5. The quantitative estimate of drug-likeness (QED) is 0.657. The highest BCUT2D eigenvalue weighted by Crippen LogP contribution is 2.17. The van der Waals surface area contributed by atoms with E-state index in [1.807, 2.05) is 35.6 Å². The normalized spacial score (nSPS) is 19.7. The van der Waals surface area contributed by atoms with Crippen LogP contribution in [0.15, 0.2) is 30.3 Å². The van der Waals surface area contributed by atoms with Gasteiger partial charge in [-0.25, -0.2) is 4.79 Å². The van der Waals surface area contributed by atoms with Gasteiger partial charge in [-0.3, -0.25) is 14.9 Å². The zero-order chi connectivity index (χ0) is 13.8. The molecule has 6 nitrogen and oxygen atoms in total. The van der Waals surface area contributed by atoms with Crippen LogP contribution in [0.4, 0.5) is 4.79 Å². The van der Waals surface area contributed by atoms with Crippen molar-refractivity contribution in [3.63, 3.8) is 0 Å². The van der Waals surface area contributed by atoms with Crippen molar-refractivity contribution in [3.8, 4) is 0 Å². The fourth-order valence-electron chi connectivity index (χ4n) is 1.71. The summed E-state index contributed by atoms with van der Waals surface area (Å²) >= 11 is 0. The molecule has 1 saturated heterocycles. The molecular weight excluding hydrogens is 250 g/mol. The first-order valence-electron chi connectivity index (χ1n) is 5.82. The summed E-state index contributed by atoms with van der Waals surface area (Å²) in [6.45, 7) is 1.69. The number of nitrogens with one attached hydrogen (secondary N) is 1. The number of amides is 2. The third-order valence-corrected chi connectivity index (χ3v) is 2.71. The molecular formula is C13H13NO5. The Morgan fingerprint density at radius 3 is 2.58 bits per heavy atom. The van der Waals surface area contributed by atoms with Gasteiger partial charge in [-0.2, -0.15) is 0 Å². The Kier molecular flexibility index (Phi) is 3.79. The van der Waals surface area contributed by atoms with Gasteiger partial charge < -0.3 is 9.47 Å². The van der Waals surface area contributed by atoms with E-state index in [2.05, 4.69) is 0 Å². The second-order valence-electron chi connectivity index (χ2n) is 4.14. The summed E-state index contributed by atoms with van der Waals surface area (Å²) in [5.74, 6) is -1.08. The van der Waals surface area contributed by atoms with Crippen LogP contribution < -0.4 is 5.32 Å². The monoisotopic (exact) mass is 263 g/mol. The highest BCUT2D eigenvalue weighted by molar-refractivity contribution is 6.05. The maximum absolute atomic E-state index is 11.5. The number of ether oxygens (including phenoxy) is 2. The van der Waals surface area contributed by atoms with Crippen LogP contribution in [0, 0.1) is 0 Å². The Morgan fingerprint density at radius 2 is 2.00 bits per heavy atom. The Morgan fingerprint density at radius 1 is 1.32 bits per heavy atom. The molecule has 6 heteroatoms. The van der Waals surface area contributed by atoms with Crippen LogP contribution in [0.1, 0.15) is 25.0 Å². The van der Waals surface area contributed by atoms with Crippen molar-refractivity contribution >= 4 is 18.0 Å². The largest absolute Gasteiger partial charge is 0.509 e. The molecule has 2 rings (SSSR count). The first-order valence-corrected chi connectivity index (χ1v) is 5.82. The Bertz CT molecular complexity index is 499. The molecule has 1 fully saturated rings. The van der Waals surface area contributed by atoms with Crippen LogP contribution in [0.25, 0.3) is 0 Å². The lowest BCUT2D eigenvalue weighted by Crippen LogP contribution is -2.28. The van der Waals surface area contributed by atoms with Gasteiger partial charge in [0.2, 0.25) is 5.91 Å². The van der Waals surface area contributed by atoms with E-state index in [0.717, 1.165) is 5.56 Å². The highest BCUT2D eigenvalue weighted by atomic mass is 16.7. The predicted molar refractivity (Wildman–Crippen MR) is 64.0 cm³/mol. The van der Waals surface area contributed by atoms with E-state index in [4.69, 9.17) is 9.47 Å². The third-order valence-electron chi connectivity index (χ3n) is 2.71. The van der Waals surface area contributed by atoms with E-state index in [1.165, 1.54) is 0 Å². The third kappa shape index (κ3) is 3.31. The number of rotatable bonds is 3. The van der Waals surface area contributed by atoms with Gasteiger partial charge in [0.1, 0.15) is 6.10 Å². The van der Waals surface area contributed by atoms with E-state index in [1.54, 1.807) is 6.92 Å². The number of carbonyl (C=O) groups is 3. The Labute approximate surface area is 109 Å². The van der Waals surface area contributed by atoms with E-state index >= 15 is 0 Å². The summed E-state index contributed by atoms with van der Waals surface area (Å²) in [6, 6.07) is 9.11. The molecule has 1 N–H and O–H groups in total. The van der Waals surface area contributed by atoms with Gasteiger partial charge in [0.15, 0.2) is 6.10 Å². The molecule has 100 valence electrons. The molecule has 0 aliphatic carbocycles. The van der Waals surface area contributed by atoms with E-state index < -0.39 is 30.2 Å². The molecule has 1 aliphatic heterocycles. The van der Waals surface area contributed by atoms with E-state index in [-0.39, 0.29) is 6.42 Å². The van der Waals surface area contributed by atoms with Gasteiger partial charge >= 0.3 is 6.16 Å². The number of benzene rings is 1. The van der Waals surface area contributed by atoms with Gasteiger partial charge in [0.05, 0.1) is 6.42 Å². The second kappa shape index (κ2) is 5.51. The van der Waals surface area contributed by atoms with Crippen LogP contribution in [-0.2, 0) is 19.1 Å². The minimum atomic E-state index is -1.09. The lowest BCUT2D eigenvalue weighted by Gasteiger charge is -2.14. The Hall–Kier alpha value is -2.37. The molecule has 19 heavy (non-hydrogen) atoms. The van der Waals surface area contributed by atoms with Crippen LogP contribution in [-0.4, -0.2) is 24.1 Å². The van der Waals surface area contributed by atoms with Crippen LogP contribution in [0.3, 0.4) is 0 Å². The summed E-state index contributed by atoms with van der Waals surface area (Å²) in [5, 5.41) is 2.05. The average Bonchev–Trinajstić information content (AvgIpc) is 2.68. The second-order valence-corrected chi connectivity index (χ2v) is 4.14.